The van der Waals surface area contributed by atoms with Crippen LogP contribution in [0.5, 0.6) is 0 Å². The summed E-state index contributed by atoms with van der Waals surface area (Å²) < 4.78 is 2.38. The maximum absolute atomic E-state index is 2.42. The van der Waals surface area contributed by atoms with Gasteiger partial charge in [0.25, 0.3) is 0 Å². The smallest absolute Gasteiger partial charge is 0.0541 e. The molecular formula is C34H27N. The van der Waals surface area contributed by atoms with E-state index in [9.17, 15) is 0 Å². The minimum atomic E-state index is 1.05. The molecule has 1 heteroatoms. The van der Waals surface area contributed by atoms with Gasteiger partial charge in [0.05, 0.1) is 11.0 Å². The molecule has 1 heterocycles. The molecule has 1 aromatic heterocycles. The Balaban J connectivity index is 1.30. The van der Waals surface area contributed by atoms with Crippen LogP contribution in [0.15, 0.2) is 109 Å². The molecule has 0 N–H and O–H groups in total. The molecule has 168 valence electrons. The van der Waals surface area contributed by atoms with E-state index >= 15 is 0 Å². The minimum Gasteiger partial charge on any atom is -0.309 e. The lowest BCUT2D eigenvalue weighted by Gasteiger charge is -2.11. The van der Waals surface area contributed by atoms with Gasteiger partial charge < -0.3 is 4.57 Å². The lowest BCUT2D eigenvalue weighted by atomic mass is 9.97. The largest absolute Gasteiger partial charge is 0.309 e. The second-order valence-corrected chi connectivity index (χ2v) is 9.71. The molecule has 0 aliphatic heterocycles. The molecule has 0 atom stereocenters. The zero-order valence-electron chi connectivity index (χ0n) is 20.0. The molecule has 0 radical (unpaired) electrons. The molecule has 7 rings (SSSR count). The zero-order valence-corrected chi connectivity index (χ0v) is 20.0. The summed E-state index contributed by atoms with van der Waals surface area (Å²) in [7, 11) is 0. The fourth-order valence-corrected chi connectivity index (χ4v) is 5.84. The summed E-state index contributed by atoms with van der Waals surface area (Å²) in [5.74, 6) is 0. The Morgan fingerprint density at radius 3 is 1.89 bits per heavy atom. The highest BCUT2D eigenvalue weighted by atomic mass is 15.0. The highest BCUT2D eigenvalue weighted by Crippen LogP contribution is 2.40. The van der Waals surface area contributed by atoms with Crippen molar-refractivity contribution in [3.05, 3.63) is 126 Å². The normalized spacial score (nSPS) is 12.3. The van der Waals surface area contributed by atoms with Crippen molar-refractivity contribution < 1.29 is 0 Å². The molecule has 0 amide bonds. The van der Waals surface area contributed by atoms with Crippen molar-refractivity contribution in [3.63, 3.8) is 0 Å². The van der Waals surface area contributed by atoms with Crippen molar-refractivity contribution in [2.75, 3.05) is 0 Å². The fraction of sp³-hybridized carbons (Fsp3) is 0.118. The molecule has 1 aliphatic carbocycles. The standard InChI is InChI=1S/C34H27N/c1-2-7-23-12-13-26-21-27-15-14-25(22-32(27)31(26)20-23)24-16-18-28(19-17-24)35-33-10-5-3-8-29(33)30-9-4-6-11-34(30)35/h3-6,8-20,22H,2,7,21H2,1H3. The fourth-order valence-electron chi connectivity index (χ4n) is 5.84. The Kier molecular flexibility index (Phi) is 4.63. The maximum atomic E-state index is 2.42. The van der Waals surface area contributed by atoms with Crippen molar-refractivity contribution in [2.45, 2.75) is 26.2 Å². The number of aryl methyl sites for hydroxylation is 1. The van der Waals surface area contributed by atoms with Crippen LogP contribution in [0.4, 0.5) is 0 Å². The summed E-state index contributed by atoms with van der Waals surface area (Å²) in [6, 6.07) is 40.5. The lowest BCUT2D eigenvalue weighted by molar-refractivity contribution is 0.921. The van der Waals surface area contributed by atoms with Gasteiger partial charge in [-0.05, 0) is 82.1 Å². The van der Waals surface area contributed by atoms with Crippen molar-refractivity contribution >= 4 is 21.8 Å². The number of nitrogens with zero attached hydrogens (tertiary/aromatic N) is 1. The van der Waals surface area contributed by atoms with Crippen molar-refractivity contribution in [1.29, 1.82) is 0 Å². The van der Waals surface area contributed by atoms with Gasteiger partial charge in [-0.25, -0.2) is 0 Å². The average molecular weight is 450 g/mol. The van der Waals surface area contributed by atoms with Gasteiger partial charge in [0.1, 0.15) is 0 Å². The van der Waals surface area contributed by atoms with Gasteiger partial charge in [-0.3, -0.25) is 0 Å². The third-order valence-corrected chi connectivity index (χ3v) is 7.53. The Labute approximate surface area is 206 Å². The van der Waals surface area contributed by atoms with E-state index in [1.54, 1.807) is 0 Å². The summed E-state index contributed by atoms with van der Waals surface area (Å²) in [6.45, 7) is 2.25. The van der Waals surface area contributed by atoms with Crippen LogP contribution in [0, 0.1) is 0 Å². The van der Waals surface area contributed by atoms with Crippen molar-refractivity contribution in [1.82, 2.24) is 4.57 Å². The minimum absolute atomic E-state index is 1.05. The second kappa shape index (κ2) is 7.99. The van der Waals surface area contributed by atoms with Crippen LogP contribution in [0.2, 0.25) is 0 Å². The van der Waals surface area contributed by atoms with E-state index in [-0.39, 0.29) is 0 Å². The molecular weight excluding hydrogens is 422 g/mol. The lowest BCUT2D eigenvalue weighted by Crippen LogP contribution is -1.93. The number of aromatic nitrogens is 1. The molecule has 35 heavy (non-hydrogen) atoms. The zero-order chi connectivity index (χ0) is 23.4. The number of hydrogen-bond donors (Lipinski definition) is 0. The Morgan fingerprint density at radius 1 is 0.600 bits per heavy atom. The molecule has 1 nitrogen and oxygen atoms in total. The number of fused-ring (bicyclic) bond motifs is 6. The third kappa shape index (κ3) is 3.23. The number of hydrogen-bond acceptors (Lipinski definition) is 0. The quantitative estimate of drug-likeness (QED) is 0.253. The summed E-state index contributed by atoms with van der Waals surface area (Å²) in [6.07, 6.45) is 3.38. The average Bonchev–Trinajstić information content (AvgIpc) is 3.44. The van der Waals surface area contributed by atoms with Crippen LogP contribution < -0.4 is 0 Å². The SMILES string of the molecule is CCCc1ccc2c(c1)-c1cc(-c3ccc(-n4c5ccccc5c5ccccc54)cc3)ccc1C2. The van der Waals surface area contributed by atoms with Crippen LogP contribution in [0.1, 0.15) is 30.0 Å². The second-order valence-electron chi connectivity index (χ2n) is 9.71. The summed E-state index contributed by atoms with van der Waals surface area (Å²) in [5, 5.41) is 2.60. The first-order valence-electron chi connectivity index (χ1n) is 12.6. The van der Waals surface area contributed by atoms with Gasteiger partial charge in [-0.15, -0.1) is 0 Å². The van der Waals surface area contributed by atoms with Crippen LogP contribution in [-0.2, 0) is 12.8 Å². The van der Waals surface area contributed by atoms with Gasteiger partial charge in [-0.2, -0.15) is 0 Å². The summed E-state index contributed by atoms with van der Waals surface area (Å²) in [5.41, 5.74) is 13.4. The number of para-hydroxylation sites is 2. The first-order valence-corrected chi connectivity index (χ1v) is 12.6. The maximum Gasteiger partial charge on any atom is 0.0541 e. The first-order chi connectivity index (χ1) is 17.3. The topological polar surface area (TPSA) is 4.93 Å². The van der Waals surface area contributed by atoms with Gasteiger partial charge in [-0.1, -0.05) is 92.2 Å². The van der Waals surface area contributed by atoms with Gasteiger partial charge >= 0.3 is 0 Å². The van der Waals surface area contributed by atoms with Crippen LogP contribution in [-0.4, -0.2) is 4.57 Å². The van der Waals surface area contributed by atoms with Gasteiger partial charge in [0, 0.05) is 16.5 Å². The van der Waals surface area contributed by atoms with Crippen LogP contribution in [0.25, 0.3) is 49.7 Å². The van der Waals surface area contributed by atoms with E-state index in [1.807, 2.05) is 0 Å². The molecule has 0 saturated carbocycles. The van der Waals surface area contributed by atoms with Crippen LogP contribution >= 0.6 is 0 Å². The molecule has 0 fully saturated rings. The summed E-state index contributed by atoms with van der Waals surface area (Å²) >= 11 is 0. The molecule has 0 saturated heterocycles. The van der Waals surface area contributed by atoms with E-state index in [0.717, 1.165) is 12.8 Å². The molecule has 0 spiro atoms. The number of rotatable bonds is 4. The van der Waals surface area contributed by atoms with Gasteiger partial charge in [0.15, 0.2) is 0 Å². The van der Waals surface area contributed by atoms with Crippen molar-refractivity contribution in [2.24, 2.45) is 0 Å². The number of benzene rings is 5. The van der Waals surface area contributed by atoms with Crippen LogP contribution in [0.3, 0.4) is 0 Å². The Bertz CT molecular complexity index is 1660. The Hall–Kier alpha value is -4.10. The predicted octanol–water partition coefficient (Wildman–Crippen LogP) is 8.97. The van der Waals surface area contributed by atoms with Gasteiger partial charge in [0.2, 0.25) is 0 Å². The van der Waals surface area contributed by atoms with E-state index in [2.05, 4.69) is 121 Å². The predicted molar refractivity (Wildman–Crippen MR) is 148 cm³/mol. The third-order valence-electron chi connectivity index (χ3n) is 7.53. The summed E-state index contributed by atoms with van der Waals surface area (Å²) in [4.78, 5) is 0. The van der Waals surface area contributed by atoms with E-state index in [0.29, 0.717) is 0 Å². The van der Waals surface area contributed by atoms with E-state index in [1.165, 1.54) is 72.9 Å². The van der Waals surface area contributed by atoms with E-state index < -0.39 is 0 Å². The van der Waals surface area contributed by atoms with Crippen molar-refractivity contribution in [3.8, 4) is 27.9 Å². The highest BCUT2D eigenvalue weighted by Gasteiger charge is 2.19. The van der Waals surface area contributed by atoms with E-state index in [4.69, 9.17) is 0 Å². The Morgan fingerprint density at radius 2 is 1.20 bits per heavy atom. The molecule has 5 aromatic carbocycles. The molecule has 0 unspecified atom stereocenters. The molecule has 6 aromatic rings. The molecule has 0 bridgehead atoms. The highest BCUT2D eigenvalue weighted by molar-refractivity contribution is 6.09. The monoisotopic (exact) mass is 449 g/mol. The molecule has 1 aliphatic rings. The first kappa shape index (κ1) is 20.3.